The molecule has 0 aromatic carbocycles. The molecule has 0 spiro atoms. The van der Waals surface area contributed by atoms with E-state index in [4.69, 9.17) is 9.47 Å². The van der Waals surface area contributed by atoms with Crippen molar-refractivity contribution >= 4 is 0 Å². The van der Waals surface area contributed by atoms with Gasteiger partial charge in [-0.2, -0.15) is 0 Å². The van der Waals surface area contributed by atoms with Crippen molar-refractivity contribution in [2.75, 3.05) is 32.8 Å². The molecule has 0 aromatic heterocycles. The lowest BCUT2D eigenvalue weighted by atomic mass is 9.91. The Labute approximate surface area is 97.5 Å². The number of nitrogens with zero attached hydrogens (tertiary/aromatic N) is 1. The SMILES string of the molecule is CCC1(O)CN(CCOC2CCCCO2)C1. The number of β-amino-alcohol motifs (C(OH)–C–C–N with tert-alkyl or cyclic N) is 1. The van der Waals surface area contributed by atoms with Crippen LogP contribution in [0.5, 0.6) is 0 Å². The first kappa shape index (κ1) is 12.3. The van der Waals surface area contributed by atoms with Crippen LogP contribution in [0.15, 0.2) is 0 Å². The van der Waals surface area contributed by atoms with Gasteiger partial charge in [0.25, 0.3) is 0 Å². The van der Waals surface area contributed by atoms with Crippen LogP contribution < -0.4 is 0 Å². The summed E-state index contributed by atoms with van der Waals surface area (Å²) in [4.78, 5) is 2.23. The summed E-state index contributed by atoms with van der Waals surface area (Å²) >= 11 is 0. The van der Waals surface area contributed by atoms with E-state index >= 15 is 0 Å². The van der Waals surface area contributed by atoms with Gasteiger partial charge in [0.05, 0.1) is 12.2 Å². The standard InChI is InChI=1S/C12H23NO3/c1-2-12(14)9-13(10-12)6-8-16-11-5-3-4-7-15-11/h11,14H,2-10H2,1H3. The molecule has 16 heavy (non-hydrogen) atoms. The van der Waals surface area contributed by atoms with E-state index in [1.165, 1.54) is 6.42 Å². The summed E-state index contributed by atoms with van der Waals surface area (Å²) < 4.78 is 11.1. The van der Waals surface area contributed by atoms with Crippen LogP contribution in [0.3, 0.4) is 0 Å². The molecule has 0 saturated carbocycles. The lowest BCUT2D eigenvalue weighted by molar-refractivity contribution is -0.172. The van der Waals surface area contributed by atoms with Crippen molar-refractivity contribution in [1.82, 2.24) is 4.90 Å². The maximum atomic E-state index is 9.83. The fraction of sp³-hybridized carbons (Fsp3) is 1.00. The highest BCUT2D eigenvalue weighted by Crippen LogP contribution is 2.23. The van der Waals surface area contributed by atoms with E-state index in [1.807, 2.05) is 6.92 Å². The maximum Gasteiger partial charge on any atom is 0.157 e. The predicted octanol–water partition coefficient (Wildman–Crippen LogP) is 0.986. The summed E-state index contributed by atoms with van der Waals surface area (Å²) in [7, 11) is 0. The monoisotopic (exact) mass is 229 g/mol. The Kier molecular flexibility index (Phi) is 4.19. The lowest BCUT2D eigenvalue weighted by Gasteiger charge is -2.46. The number of ether oxygens (including phenoxy) is 2. The van der Waals surface area contributed by atoms with E-state index in [0.29, 0.717) is 6.61 Å². The average Bonchev–Trinajstić information content (AvgIpc) is 2.28. The largest absolute Gasteiger partial charge is 0.387 e. The minimum atomic E-state index is -0.429. The number of hydrogen-bond acceptors (Lipinski definition) is 4. The van der Waals surface area contributed by atoms with Gasteiger partial charge in [-0.1, -0.05) is 6.92 Å². The van der Waals surface area contributed by atoms with Crippen molar-refractivity contribution in [1.29, 1.82) is 0 Å². The molecule has 1 unspecified atom stereocenters. The minimum Gasteiger partial charge on any atom is -0.387 e. The first-order valence-electron chi connectivity index (χ1n) is 6.40. The van der Waals surface area contributed by atoms with Crippen LogP contribution in [0.2, 0.25) is 0 Å². The molecule has 4 heteroatoms. The average molecular weight is 229 g/mol. The van der Waals surface area contributed by atoms with Crippen molar-refractivity contribution in [3.8, 4) is 0 Å². The quantitative estimate of drug-likeness (QED) is 0.763. The molecule has 2 aliphatic rings. The summed E-state index contributed by atoms with van der Waals surface area (Å²) in [5.41, 5.74) is -0.429. The highest BCUT2D eigenvalue weighted by atomic mass is 16.7. The Bertz CT molecular complexity index is 210. The molecule has 1 N–H and O–H groups in total. The molecule has 0 aromatic rings. The van der Waals surface area contributed by atoms with Crippen LogP contribution in [-0.4, -0.2) is 54.7 Å². The van der Waals surface area contributed by atoms with Crippen LogP contribution in [0.4, 0.5) is 0 Å². The Morgan fingerprint density at radius 3 is 2.88 bits per heavy atom. The third-order valence-electron chi connectivity index (χ3n) is 3.54. The highest BCUT2D eigenvalue weighted by molar-refractivity contribution is 4.93. The Morgan fingerprint density at radius 2 is 2.25 bits per heavy atom. The molecule has 0 aliphatic carbocycles. The van der Waals surface area contributed by atoms with Crippen LogP contribution >= 0.6 is 0 Å². The van der Waals surface area contributed by atoms with Gasteiger partial charge in [0.2, 0.25) is 0 Å². The summed E-state index contributed by atoms with van der Waals surface area (Å²) in [6.45, 7) is 6.07. The Morgan fingerprint density at radius 1 is 1.44 bits per heavy atom. The van der Waals surface area contributed by atoms with Crippen molar-refractivity contribution in [3.63, 3.8) is 0 Å². The van der Waals surface area contributed by atoms with Crippen LogP contribution in [-0.2, 0) is 9.47 Å². The van der Waals surface area contributed by atoms with Gasteiger partial charge in [0.15, 0.2) is 6.29 Å². The number of aliphatic hydroxyl groups is 1. The molecular formula is C12H23NO3. The molecule has 2 saturated heterocycles. The zero-order chi connectivity index (χ0) is 11.4. The van der Waals surface area contributed by atoms with Crippen LogP contribution in [0.25, 0.3) is 0 Å². The fourth-order valence-corrected chi connectivity index (χ4v) is 2.32. The highest BCUT2D eigenvalue weighted by Gasteiger charge is 2.38. The summed E-state index contributed by atoms with van der Waals surface area (Å²) in [6.07, 6.45) is 4.26. The number of rotatable bonds is 5. The smallest absolute Gasteiger partial charge is 0.157 e. The fourth-order valence-electron chi connectivity index (χ4n) is 2.32. The molecule has 0 amide bonds. The van der Waals surface area contributed by atoms with E-state index in [2.05, 4.69) is 4.90 Å². The number of hydrogen-bond donors (Lipinski definition) is 1. The Balaban J connectivity index is 1.52. The first-order chi connectivity index (χ1) is 7.72. The Hall–Kier alpha value is -0.160. The van der Waals surface area contributed by atoms with Gasteiger partial charge in [-0.15, -0.1) is 0 Å². The van der Waals surface area contributed by atoms with Crippen LogP contribution in [0, 0.1) is 0 Å². The molecular weight excluding hydrogens is 206 g/mol. The van der Waals surface area contributed by atoms with Gasteiger partial charge < -0.3 is 14.6 Å². The summed E-state index contributed by atoms with van der Waals surface area (Å²) in [5.74, 6) is 0. The molecule has 1 atom stereocenters. The molecule has 2 aliphatic heterocycles. The third kappa shape index (κ3) is 3.17. The van der Waals surface area contributed by atoms with Crippen molar-refractivity contribution in [2.24, 2.45) is 0 Å². The second-order valence-electron chi connectivity index (χ2n) is 4.96. The number of likely N-dealkylation sites (tertiary alicyclic amines) is 1. The molecule has 0 radical (unpaired) electrons. The van der Waals surface area contributed by atoms with E-state index in [-0.39, 0.29) is 6.29 Å². The lowest BCUT2D eigenvalue weighted by Crippen LogP contribution is -2.61. The zero-order valence-electron chi connectivity index (χ0n) is 10.2. The minimum absolute atomic E-state index is 0.0140. The molecule has 2 fully saturated rings. The summed E-state index contributed by atoms with van der Waals surface area (Å²) in [6, 6.07) is 0. The predicted molar refractivity (Wildman–Crippen MR) is 61.2 cm³/mol. The zero-order valence-corrected chi connectivity index (χ0v) is 10.2. The van der Waals surface area contributed by atoms with Crippen molar-refractivity contribution in [3.05, 3.63) is 0 Å². The second kappa shape index (κ2) is 5.45. The van der Waals surface area contributed by atoms with E-state index in [0.717, 1.165) is 45.5 Å². The second-order valence-corrected chi connectivity index (χ2v) is 4.96. The molecule has 0 bridgehead atoms. The van der Waals surface area contributed by atoms with Gasteiger partial charge in [-0.3, -0.25) is 4.90 Å². The van der Waals surface area contributed by atoms with Gasteiger partial charge >= 0.3 is 0 Å². The van der Waals surface area contributed by atoms with Gasteiger partial charge in [-0.05, 0) is 25.7 Å². The molecule has 2 heterocycles. The molecule has 94 valence electrons. The van der Waals surface area contributed by atoms with Crippen molar-refractivity contribution in [2.45, 2.75) is 44.5 Å². The molecule has 2 rings (SSSR count). The molecule has 4 nitrogen and oxygen atoms in total. The van der Waals surface area contributed by atoms with E-state index in [9.17, 15) is 5.11 Å². The normalized spacial score (nSPS) is 30.0. The van der Waals surface area contributed by atoms with Gasteiger partial charge in [0.1, 0.15) is 0 Å². The first-order valence-corrected chi connectivity index (χ1v) is 6.40. The van der Waals surface area contributed by atoms with E-state index < -0.39 is 5.60 Å². The summed E-state index contributed by atoms with van der Waals surface area (Å²) in [5, 5.41) is 9.83. The van der Waals surface area contributed by atoms with E-state index in [1.54, 1.807) is 0 Å². The van der Waals surface area contributed by atoms with Crippen LogP contribution in [0.1, 0.15) is 32.6 Å². The third-order valence-corrected chi connectivity index (χ3v) is 3.54. The topological polar surface area (TPSA) is 41.9 Å². The van der Waals surface area contributed by atoms with Crippen molar-refractivity contribution < 1.29 is 14.6 Å². The van der Waals surface area contributed by atoms with Gasteiger partial charge in [-0.25, -0.2) is 0 Å². The van der Waals surface area contributed by atoms with Gasteiger partial charge in [0, 0.05) is 26.2 Å². The maximum absolute atomic E-state index is 9.83.